The molecule has 148 valence electrons. The molecule has 0 spiro atoms. The fourth-order valence-electron chi connectivity index (χ4n) is 3.77. The van der Waals surface area contributed by atoms with E-state index in [9.17, 15) is 4.79 Å². The number of nitrogens with one attached hydrogen (secondary N) is 1. The minimum atomic E-state index is 0.0721. The molecule has 7 heteroatoms. The number of unbranched alkanes of at least 4 members (excludes halogenated alkanes) is 1. The van der Waals surface area contributed by atoms with E-state index in [1.54, 1.807) is 0 Å². The molecule has 1 amide bonds. The number of fused-ring (bicyclic) bond motifs is 1. The highest BCUT2D eigenvalue weighted by Gasteiger charge is 2.20. The quantitative estimate of drug-likeness (QED) is 0.728. The van der Waals surface area contributed by atoms with Crippen LogP contribution in [0.1, 0.15) is 69.3 Å². The van der Waals surface area contributed by atoms with Crippen LogP contribution in [0.5, 0.6) is 0 Å². The molecule has 0 radical (unpaired) electrons. The number of carbonyl (C=O) groups excluding carboxylic acids is 1. The average Bonchev–Trinajstić information content (AvgIpc) is 3.05. The van der Waals surface area contributed by atoms with Gasteiger partial charge in [-0.3, -0.25) is 4.79 Å². The van der Waals surface area contributed by atoms with E-state index in [2.05, 4.69) is 41.2 Å². The van der Waals surface area contributed by atoms with E-state index in [4.69, 9.17) is 0 Å². The first-order valence-corrected chi connectivity index (χ1v) is 11.1. The number of amides is 1. The number of hydrogen-bond acceptors (Lipinski definition) is 5. The van der Waals surface area contributed by atoms with Crippen LogP contribution >= 0.6 is 11.8 Å². The van der Waals surface area contributed by atoms with Crippen molar-refractivity contribution in [2.75, 3.05) is 5.75 Å². The fraction of sp³-hybridized carbons (Fsp3) is 0.700. The molecular formula is C20H31N5OS. The number of nitrogens with zero attached hydrogens (tertiary/aromatic N) is 4. The molecule has 1 aliphatic rings. The lowest BCUT2D eigenvalue weighted by Crippen LogP contribution is -2.38. The van der Waals surface area contributed by atoms with Crippen LogP contribution in [0.15, 0.2) is 5.16 Å². The molecule has 0 aliphatic heterocycles. The van der Waals surface area contributed by atoms with Crippen LogP contribution < -0.4 is 5.32 Å². The van der Waals surface area contributed by atoms with Gasteiger partial charge in [-0.05, 0) is 63.9 Å². The van der Waals surface area contributed by atoms with Gasteiger partial charge in [-0.2, -0.15) is 4.98 Å². The average molecular weight is 390 g/mol. The summed E-state index contributed by atoms with van der Waals surface area (Å²) in [5.74, 6) is 1.83. The minimum Gasteiger partial charge on any atom is -0.353 e. The molecule has 0 bridgehead atoms. The summed E-state index contributed by atoms with van der Waals surface area (Å²) in [5.41, 5.74) is 3.39. The van der Waals surface area contributed by atoms with E-state index < -0.39 is 0 Å². The van der Waals surface area contributed by atoms with Gasteiger partial charge in [0.05, 0.1) is 5.75 Å². The molecule has 1 N–H and O–H groups in total. The zero-order valence-electron chi connectivity index (χ0n) is 16.9. The number of thioether (sulfide) groups is 1. The molecule has 0 saturated heterocycles. The first-order valence-electron chi connectivity index (χ1n) is 10.1. The van der Waals surface area contributed by atoms with Crippen LogP contribution in [-0.4, -0.2) is 37.3 Å². The molecule has 0 unspecified atom stereocenters. The molecular weight excluding hydrogens is 358 g/mol. The molecule has 2 aromatic heterocycles. The third-order valence-corrected chi connectivity index (χ3v) is 6.36. The molecule has 2 aromatic rings. The lowest BCUT2D eigenvalue weighted by molar-refractivity contribution is -0.119. The van der Waals surface area contributed by atoms with Crippen molar-refractivity contribution in [2.45, 2.75) is 83.8 Å². The highest BCUT2D eigenvalue weighted by atomic mass is 32.2. The van der Waals surface area contributed by atoms with Crippen molar-refractivity contribution in [1.29, 1.82) is 0 Å². The largest absolute Gasteiger partial charge is 0.353 e. The van der Waals surface area contributed by atoms with Gasteiger partial charge < -0.3 is 5.32 Å². The van der Waals surface area contributed by atoms with E-state index in [1.807, 2.05) is 11.4 Å². The van der Waals surface area contributed by atoms with Gasteiger partial charge in [0, 0.05) is 17.4 Å². The van der Waals surface area contributed by atoms with Gasteiger partial charge >= 0.3 is 0 Å². The van der Waals surface area contributed by atoms with Gasteiger partial charge in [0.25, 0.3) is 5.78 Å². The Kier molecular flexibility index (Phi) is 6.73. The van der Waals surface area contributed by atoms with Crippen LogP contribution in [0.4, 0.5) is 0 Å². The van der Waals surface area contributed by atoms with Crippen molar-refractivity contribution in [2.24, 2.45) is 5.92 Å². The second kappa shape index (κ2) is 9.04. The Hall–Kier alpha value is -1.63. The first kappa shape index (κ1) is 20.1. The molecule has 1 fully saturated rings. The summed E-state index contributed by atoms with van der Waals surface area (Å²) in [6.45, 7) is 8.60. The summed E-state index contributed by atoms with van der Waals surface area (Å²) in [6.07, 6.45) is 7.91. The third kappa shape index (κ3) is 5.00. The standard InChI is InChI=1S/C20H31N5OS/c1-5-6-7-17-14(3)21-19-23-20(24-25(19)15(17)4)27-12-18(26)22-16-10-8-13(2)9-11-16/h13,16H,5-12H2,1-4H3,(H,22,26). The molecule has 27 heavy (non-hydrogen) atoms. The van der Waals surface area contributed by atoms with Crippen molar-refractivity contribution in [3.8, 4) is 0 Å². The summed E-state index contributed by atoms with van der Waals surface area (Å²) in [5, 5.41) is 8.35. The molecule has 1 aliphatic carbocycles. The Morgan fingerprint density at radius 1 is 1.22 bits per heavy atom. The second-order valence-electron chi connectivity index (χ2n) is 7.78. The molecule has 6 nitrogen and oxygen atoms in total. The molecule has 2 heterocycles. The van der Waals surface area contributed by atoms with Crippen molar-refractivity contribution in [3.05, 3.63) is 17.0 Å². The summed E-state index contributed by atoms with van der Waals surface area (Å²) >= 11 is 1.39. The first-order chi connectivity index (χ1) is 13.0. The molecule has 1 saturated carbocycles. The molecule has 0 atom stereocenters. The Bertz CT molecular complexity index is 795. The Labute approximate surface area is 165 Å². The predicted octanol–water partition coefficient (Wildman–Crippen LogP) is 3.87. The van der Waals surface area contributed by atoms with Gasteiger partial charge in [-0.1, -0.05) is 32.0 Å². The van der Waals surface area contributed by atoms with Crippen LogP contribution in [0.3, 0.4) is 0 Å². The zero-order valence-corrected chi connectivity index (χ0v) is 17.7. The van der Waals surface area contributed by atoms with E-state index in [1.165, 1.54) is 30.2 Å². The van der Waals surface area contributed by atoms with Gasteiger partial charge in [-0.15, -0.1) is 5.10 Å². The normalized spacial score (nSPS) is 20.1. The van der Waals surface area contributed by atoms with Gasteiger partial charge in [-0.25, -0.2) is 9.50 Å². The van der Waals surface area contributed by atoms with E-state index in [0.29, 0.717) is 22.7 Å². The van der Waals surface area contributed by atoms with Crippen LogP contribution in [0.2, 0.25) is 0 Å². The Morgan fingerprint density at radius 2 is 1.96 bits per heavy atom. The fourth-order valence-corrected chi connectivity index (χ4v) is 4.40. The topological polar surface area (TPSA) is 72.2 Å². The monoisotopic (exact) mass is 389 g/mol. The van der Waals surface area contributed by atoms with Crippen LogP contribution in [-0.2, 0) is 11.2 Å². The molecule has 3 rings (SSSR count). The smallest absolute Gasteiger partial charge is 0.253 e. The maximum Gasteiger partial charge on any atom is 0.253 e. The zero-order chi connectivity index (χ0) is 19.4. The Morgan fingerprint density at radius 3 is 2.67 bits per heavy atom. The summed E-state index contributed by atoms with van der Waals surface area (Å²) in [4.78, 5) is 21.4. The number of aromatic nitrogens is 4. The summed E-state index contributed by atoms with van der Waals surface area (Å²) in [7, 11) is 0. The lowest BCUT2D eigenvalue weighted by atomic mass is 9.87. The van der Waals surface area contributed by atoms with Crippen molar-refractivity contribution in [3.63, 3.8) is 0 Å². The lowest BCUT2D eigenvalue weighted by Gasteiger charge is -2.26. The number of rotatable bonds is 7. The van der Waals surface area contributed by atoms with Crippen LogP contribution in [0, 0.1) is 19.8 Å². The maximum absolute atomic E-state index is 12.3. The highest BCUT2D eigenvalue weighted by molar-refractivity contribution is 7.99. The van der Waals surface area contributed by atoms with Crippen molar-refractivity contribution < 1.29 is 4.79 Å². The van der Waals surface area contributed by atoms with Crippen LogP contribution in [0.25, 0.3) is 5.78 Å². The SMILES string of the molecule is CCCCc1c(C)nc2nc(SCC(=O)NC3CCC(C)CC3)nn2c1C. The minimum absolute atomic E-state index is 0.0721. The summed E-state index contributed by atoms with van der Waals surface area (Å²) in [6, 6.07) is 0.330. The Balaban J connectivity index is 1.62. The highest BCUT2D eigenvalue weighted by Crippen LogP contribution is 2.24. The maximum atomic E-state index is 12.3. The number of hydrogen-bond donors (Lipinski definition) is 1. The molecule has 0 aromatic carbocycles. The van der Waals surface area contributed by atoms with Gasteiger partial charge in [0.2, 0.25) is 11.1 Å². The third-order valence-electron chi connectivity index (χ3n) is 5.52. The predicted molar refractivity (Wildman–Crippen MR) is 109 cm³/mol. The van der Waals surface area contributed by atoms with Gasteiger partial charge in [0.1, 0.15) is 0 Å². The van der Waals surface area contributed by atoms with E-state index >= 15 is 0 Å². The second-order valence-corrected chi connectivity index (χ2v) is 8.73. The number of carbonyl (C=O) groups is 1. The van der Waals surface area contributed by atoms with Gasteiger partial charge in [0.15, 0.2) is 0 Å². The van der Waals surface area contributed by atoms with E-state index in [-0.39, 0.29) is 5.91 Å². The van der Waals surface area contributed by atoms with Crippen molar-refractivity contribution in [1.82, 2.24) is 24.9 Å². The number of aryl methyl sites for hydroxylation is 2. The summed E-state index contributed by atoms with van der Waals surface area (Å²) < 4.78 is 1.82. The van der Waals surface area contributed by atoms with Crippen molar-refractivity contribution >= 4 is 23.4 Å². The van der Waals surface area contributed by atoms with E-state index in [0.717, 1.165) is 49.4 Å².